The van der Waals surface area contributed by atoms with Gasteiger partial charge in [-0.2, -0.15) is 0 Å². The maximum atomic E-state index is 12.4. The van der Waals surface area contributed by atoms with Crippen LogP contribution >= 0.6 is 0 Å². The summed E-state index contributed by atoms with van der Waals surface area (Å²) in [7, 11) is 3.22. The van der Waals surface area contributed by atoms with Gasteiger partial charge in [0.1, 0.15) is 29.6 Å². The van der Waals surface area contributed by atoms with Crippen molar-refractivity contribution in [3.63, 3.8) is 0 Å². The second-order valence-electron chi connectivity index (χ2n) is 9.36. The van der Waals surface area contributed by atoms with E-state index in [0.717, 1.165) is 23.1 Å². The fraction of sp³-hybridized carbons (Fsp3) is 0.281. The third kappa shape index (κ3) is 5.55. The molecular weight excluding hydrogens is 496 g/mol. The van der Waals surface area contributed by atoms with Crippen molar-refractivity contribution in [2.24, 2.45) is 0 Å². The molecule has 5 rings (SSSR count). The first-order valence-corrected chi connectivity index (χ1v) is 12.9. The van der Waals surface area contributed by atoms with E-state index in [9.17, 15) is 4.79 Å². The Morgan fingerprint density at radius 1 is 0.897 bits per heavy atom. The van der Waals surface area contributed by atoms with Crippen molar-refractivity contribution in [3.05, 3.63) is 83.4 Å². The Morgan fingerprint density at radius 2 is 1.64 bits per heavy atom. The molecule has 1 aliphatic rings. The van der Waals surface area contributed by atoms with Gasteiger partial charge in [-0.25, -0.2) is 0 Å². The molecule has 0 radical (unpaired) electrons. The molecule has 7 nitrogen and oxygen atoms in total. The Morgan fingerprint density at radius 3 is 2.33 bits per heavy atom. The molecule has 202 valence electrons. The zero-order chi connectivity index (χ0) is 27.4. The molecule has 0 aliphatic carbocycles. The molecule has 0 N–H and O–H groups in total. The highest BCUT2D eigenvalue weighted by Gasteiger charge is 2.28. The van der Waals surface area contributed by atoms with E-state index in [2.05, 4.69) is 0 Å². The van der Waals surface area contributed by atoms with Crippen LogP contribution in [0.15, 0.2) is 66.7 Å². The maximum absolute atomic E-state index is 12.4. The van der Waals surface area contributed by atoms with Gasteiger partial charge in [-0.15, -0.1) is 0 Å². The first-order valence-electron chi connectivity index (χ1n) is 12.9. The van der Waals surface area contributed by atoms with E-state index in [1.165, 1.54) is 6.92 Å². The summed E-state index contributed by atoms with van der Waals surface area (Å²) in [6.45, 7) is 4.92. The van der Waals surface area contributed by atoms with Crippen molar-refractivity contribution in [1.29, 1.82) is 0 Å². The molecular formula is C32H32O7. The van der Waals surface area contributed by atoms with E-state index in [1.54, 1.807) is 14.2 Å². The number of rotatable bonds is 8. The normalized spacial score (nSPS) is 13.7. The average molecular weight is 529 g/mol. The van der Waals surface area contributed by atoms with Gasteiger partial charge >= 0.3 is 5.97 Å². The van der Waals surface area contributed by atoms with Crippen LogP contribution in [-0.2, 0) is 20.9 Å². The van der Waals surface area contributed by atoms with Crippen LogP contribution in [0, 0.1) is 6.92 Å². The van der Waals surface area contributed by atoms with Gasteiger partial charge in [0.15, 0.2) is 6.29 Å². The van der Waals surface area contributed by atoms with E-state index in [1.807, 2.05) is 73.7 Å². The highest BCUT2D eigenvalue weighted by atomic mass is 16.7. The number of hydrogen-bond acceptors (Lipinski definition) is 7. The number of aryl methyl sites for hydroxylation is 1. The zero-order valence-corrected chi connectivity index (χ0v) is 22.6. The van der Waals surface area contributed by atoms with Crippen LogP contribution in [-0.4, -0.2) is 33.4 Å². The molecule has 0 spiro atoms. The van der Waals surface area contributed by atoms with Gasteiger partial charge in [-0.05, 0) is 42.7 Å². The highest BCUT2D eigenvalue weighted by Crippen LogP contribution is 2.50. The molecule has 0 unspecified atom stereocenters. The highest BCUT2D eigenvalue weighted by molar-refractivity contribution is 6.04. The molecule has 1 heterocycles. The monoisotopic (exact) mass is 528 g/mol. The lowest BCUT2D eigenvalue weighted by Crippen LogP contribution is -2.19. The topological polar surface area (TPSA) is 72.5 Å². The van der Waals surface area contributed by atoms with Crippen molar-refractivity contribution in [3.8, 4) is 34.1 Å². The van der Waals surface area contributed by atoms with E-state index in [0.29, 0.717) is 64.7 Å². The number of carbonyl (C=O) groups excluding carboxylic acids is 1. The van der Waals surface area contributed by atoms with E-state index in [-0.39, 0.29) is 0 Å². The molecule has 0 amide bonds. The van der Waals surface area contributed by atoms with Crippen molar-refractivity contribution in [1.82, 2.24) is 0 Å². The fourth-order valence-corrected chi connectivity index (χ4v) is 4.93. The molecule has 4 aromatic carbocycles. The largest absolute Gasteiger partial charge is 0.496 e. The lowest BCUT2D eigenvalue weighted by Gasteiger charge is -2.28. The summed E-state index contributed by atoms with van der Waals surface area (Å²) < 4.78 is 35.9. The number of fused-ring (bicyclic) bond motifs is 1. The molecule has 4 aromatic rings. The standard InChI is InChI=1S/C32H32O7/c1-20-16-25(32-36-14-9-15-37-32)29(27(17-20)34-3)24-18-28(35-4)30-23(31(24)39-21(2)33)12-8-13-26(30)38-19-22-10-6-5-7-11-22/h5-8,10-13,16-18,32H,9,14-15,19H2,1-4H3. The smallest absolute Gasteiger partial charge is 0.308 e. The number of methoxy groups -OCH3 is 2. The molecule has 39 heavy (non-hydrogen) atoms. The first-order chi connectivity index (χ1) is 19.0. The summed E-state index contributed by atoms with van der Waals surface area (Å²) in [5.41, 5.74) is 4.15. The lowest BCUT2D eigenvalue weighted by molar-refractivity contribution is -0.182. The summed E-state index contributed by atoms with van der Waals surface area (Å²) in [6.07, 6.45) is 0.234. The quantitative estimate of drug-likeness (QED) is 0.185. The van der Waals surface area contributed by atoms with Crippen LogP contribution in [0.2, 0.25) is 0 Å². The zero-order valence-electron chi connectivity index (χ0n) is 22.6. The molecule has 0 bridgehead atoms. The van der Waals surface area contributed by atoms with Crippen molar-refractivity contribution in [2.45, 2.75) is 33.2 Å². The third-order valence-electron chi connectivity index (χ3n) is 6.59. The summed E-state index contributed by atoms with van der Waals surface area (Å²) >= 11 is 0. The van der Waals surface area contributed by atoms with E-state index >= 15 is 0 Å². The van der Waals surface area contributed by atoms with Gasteiger partial charge in [-0.3, -0.25) is 4.79 Å². The Hall–Kier alpha value is -4.07. The van der Waals surface area contributed by atoms with Gasteiger partial charge in [0.05, 0.1) is 32.8 Å². The minimum absolute atomic E-state index is 0.375. The number of hydrogen-bond donors (Lipinski definition) is 0. The summed E-state index contributed by atoms with van der Waals surface area (Å²) in [6, 6.07) is 21.4. The van der Waals surface area contributed by atoms with Gasteiger partial charge < -0.3 is 28.4 Å². The summed E-state index contributed by atoms with van der Waals surface area (Å²) in [5, 5.41) is 1.37. The molecule has 1 aliphatic heterocycles. The maximum Gasteiger partial charge on any atom is 0.308 e. The molecule has 1 fully saturated rings. The molecule has 0 aromatic heterocycles. The van der Waals surface area contributed by atoms with Gasteiger partial charge in [0.25, 0.3) is 0 Å². The average Bonchev–Trinajstić information content (AvgIpc) is 2.96. The number of esters is 1. The predicted octanol–water partition coefficient (Wildman–Crippen LogP) is 6.77. The van der Waals surface area contributed by atoms with Gasteiger partial charge in [-0.1, -0.05) is 48.5 Å². The lowest BCUT2D eigenvalue weighted by atomic mass is 9.92. The Kier molecular flexibility index (Phi) is 8.00. The predicted molar refractivity (Wildman–Crippen MR) is 149 cm³/mol. The summed E-state index contributed by atoms with van der Waals surface area (Å²) in [5.74, 6) is 1.72. The van der Waals surface area contributed by atoms with Crippen molar-refractivity contribution in [2.75, 3.05) is 27.4 Å². The Balaban J connectivity index is 1.74. The summed E-state index contributed by atoms with van der Waals surface area (Å²) in [4.78, 5) is 12.4. The number of benzene rings is 4. The third-order valence-corrected chi connectivity index (χ3v) is 6.59. The SMILES string of the molecule is COc1cc(C)cc(C2OCCCO2)c1-c1cc(OC)c2c(OCc3ccccc3)cccc2c1OC(C)=O. The fourth-order valence-electron chi connectivity index (χ4n) is 4.93. The van der Waals surface area contributed by atoms with Crippen LogP contribution in [0.5, 0.6) is 23.0 Å². The number of ether oxygens (including phenoxy) is 6. The van der Waals surface area contributed by atoms with Gasteiger partial charge in [0.2, 0.25) is 0 Å². The molecule has 0 atom stereocenters. The van der Waals surface area contributed by atoms with Gasteiger partial charge in [0, 0.05) is 29.0 Å². The molecule has 7 heteroatoms. The minimum atomic E-state index is -0.588. The van der Waals surface area contributed by atoms with Crippen molar-refractivity contribution < 1.29 is 33.2 Å². The first kappa shape index (κ1) is 26.5. The second-order valence-corrected chi connectivity index (χ2v) is 9.36. The Bertz CT molecular complexity index is 1470. The van der Waals surface area contributed by atoms with E-state index in [4.69, 9.17) is 28.4 Å². The van der Waals surface area contributed by atoms with Crippen LogP contribution in [0.4, 0.5) is 0 Å². The second kappa shape index (κ2) is 11.8. The van der Waals surface area contributed by atoms with Crippen molar-refractivity contribution >= 4 is 16.7 Å². The molecule has 0 saturated carbocycles. The van der Waals surface area contributed by atoms with E-state index < -0.39 is 12.3 Å². The van der Waals surface area contributed by atoms with Crippen LogP contribution < -0.4 is 18.9 Å². The van der Waals surface area contributed by atoms with Crippen LogP contribution in [0.3, 0.4) is 0 Å². The van der Waals surface area contributed by atoms with Crippen LogP contribution in [0.25, 0.3) is 21.9 Å². The number of carbonyl (C=O) groups is 1. The minimum Gasteiger partial charge on any atom is -0.496 e. The Labute approximate surface area is 228 Å². The molecule has 1 saturated heterocycles. The van der Waals surface area contributed by atoms with Crippen LogP contribution in [0.1, 0.15) is 36.3 Å².